The Labute approximate surface area is 233 Å². The highest BCUT2D eigenvalue weighted by atomic mass is 16.6. The minimum atomic E-state index is -0.966. The lowest BCUT2D eigenvalue weighted by Gasteiger charge is -2.25. The van der Waals surface area contributed by atoms with E-state index in [9.17, 15) is 19.7 Å². The standard InChI is InChI=1S/C29H26N4O8/c1-5-40-28(35)25-16(2)30-29-32(26(25)20-12-11-18(38-3)15-23(20)39-4)27(34)24(41-29)14-17-10-13-21(31-17)19-8-6-7-9-22(19)33(36)37/h6-15,26,31H,5H2,1-4H3. The lowest BCUT2D eigenvalue weighted by atomic mass is 9.95. The molecule has 1 unspecified atom stereocenters. The molecule has 1 N–H and O–H groups in total. The smallest absolute Gasteiger partial charge is 0.338 e. The number of aromatic nitrogens is 2. The summed E-state index contributed by atoms with van der Waals surface area (Å²) in [4.78, 5) is 45.5. The van der Waals surface area contributed by atoms with Crippen molar-refractivity contribution in [3.63, 3.8) is 0 Å². The summed E-state index contributed by atoms with van der Waals surface area (Å²) in [5, 5.41) is 11.5. The molecule has 0 fully saturated rings. The number of ether oxygens (including phenoxy) is 3. The molecule has 0 saturated heterocycles. The molecular formula is C29H26N4O8. The number of oxazole rings is 1. The Balaban J connectivity index is 1.67. The van der Waals surface area contributed by atoms with Crippen molar-refractivity contribution in [2.75, 3.05) is 20.8 Å². The number of nitro benzene ring substituents is 1. The second-order valence-corrected chi connectivity index (χ2v) is 9.01. The van der Waals surface area contributed by atoms with E-state index in [0.717, 1.165) is 0 Å². The highest BCUT2D eigenvalue weighted by Crippen LogP contribution is 2.37. The van der Waals surface area contributed by atoms with Gasteiger partial charge in [-0.25, -0.2) is 14.4 Å². The van der Waals surface area contributed by atoms with E-state index in [-0.39, 0.29) is 29.0 Å². The number of para-hydroxylation sites is 1. The van der Waals surface area contributed by atoms with E-state index in [2.05, 4.69) is 9.98 Å². The number of rotatable bonds is 8. The monoisotopic (exact) mass is 558 g/mol. The molecule has 0 aliphatic carbocycles. The zero-order chi connectivity index (χ0) is 29.3. The van der Waals surface area contributed by atoms with Gasteiger partial charge in [-0.3, -0.25) is 14.9 Å². The zero-order valence-corrected chi connectivity index (χ0v) is 22.7. The van der Waals surface area contributed by atoms with E-state index < -0.39 is 22.5 Å². The van der Waals surface area contributed by atoms with Gasteiger partial charge < -0.3 is 23.6 Å². The van der Waals surface area contributed by atoms with Crippen molar-refractivity contribution in [1.82, 2.24) is 9.55 Å². The van der Waals surface area contributed by atoms with Crippen molar-refractivity contribution in [3.05, 3.63) is 109 Å². The maximum Gasteiger partial charge on any atom is 0.338 e. The van der Waals surface area contributed by atoms with Gasteiger partial charge in [-0.05, 0) is 44.2 Å². The normalized spacial score (nSPS) is 14.8. The number of nitro groups is 1. The van der Waals surface area contributed by atoms with Crippen LogP contribution in [0, 0.1) is 10.1 Å². The minimum absolute atomic E-state index is 0.0138. The Morgan fingerprint density at radius 2 is 1.95 bits per heavy atom. The van der Waals surface area contributed by atoms with E-state index in [4.69, 9.17) is 18.6 Å². The third-order valence-corrected chi connectivity index (χ3v) is 6.64. The van der Waals surface area contributed by atoms with Crippen LogP contribution in [0.25, 0.3) is 17.3 Å². The van der Waals surface area contributed by atoms with Gasteiger partial charge >= 0.3 is 11.7 Å². The number of esters is 1. The number of hydrogen-bond donors (Lipinski definition) is 1. The molecule has 2 aromatic heterocycles. The van der Waals surface area contributed by atoms with Crippen LogP contribution >= 0.6 is 0 Å². The molecule has 0 radical (unpaired) electrons. The number of benzene rings is 2. The zero-order valence-electron chi connectivity index (χ0n) is 22.7. The van der Waals surface area contributed by atoms with E-state index >= 15 is 0 Å². The number of methoxy groups -OCH3 is 2. The Kier molecular flexibility index (Phi) is 7.30. The van der Waals surface area contributed by atoms with Crippen LogP contribution in [0.1, 0.15) is 31.1 Å². The van der Waals surface area contributed by atoms with E-state index in [1.807, 2.05) is 0 Å². The van der Waals surface area contributed by atoms with Crippen LogP contribution in [0.4, 0.5) is 5.69 Å². The molecule has 1 aliphatic rings. The van der Waals surface area contributed by atoms with Crippen molar-refractivity contribution in [1.29, 1.82) is 0 Å². The average molecular weight is 559 g/mol. The largest absolute Gasteiger partial charge is 0.497 e. The second kappa shape index (κ2) is 11.0. The maximum absolute atomic E-state index is 13.8. The number of allylic oxidation sites excluding steroid dienone is 1. The van der Waals surface area contributed by atoms with Gasteiger partial charge in [-0.2, -0.15) is 0 Å². The molecule has 4 aromatic rings. The third-order valence-electron chi connectivity index (χ3n) is 6.64. The highest BCUT2D eigenvalue weighted by molar-refractivity contribution is 5.91. The number of nitrogens with zero attached hydrogens (tertiary/aromatic N) is 3. The summed E-state index contributed by atoms with van der Waals surface area (Å²) >= 11 is 0. The maximum atomic E-state index is 13.8. The molecule has 1 atom stereocenters. The van der Waals surface area contributed by atoms with Gasteiger partial charge in [0.05, 0.1) is 48.3 Å². The average Bonchev–Trinajstić information content (AvgIpc) is 3.56. The van der Waals surface area contributed by atoms with Gasteiger partial charge in [0.1, 0.15) is 17.5 Å². The number of aromatic amines is 1. The van der Waals surface area contributed by atoms with E-state index in [1.165, 1.54) is 30.9 Å². The Morgan fingerprint density at radius 3 is 2.66 bits per heavy atom. The van der Waals surface area contributed by atoms with Crippen molar-refractivity contribution in [2.45, 2.75) is 19.9 Å². The molecule has 0 bridgehead atoms. The summed E-state index contributed by atoms with van der Waals surface area (Å²) in [6, 6.07) is 13.8. The number of carbonyl (C=O) groups is 1. The summed E-state index contributed by atoms with van der Waals surface area (Å²) < 4.78 is 23.4. The van der Waals surface area contributed by atoms with Crippen LogP contribution in [-0.2, 0) is 9.53 Å². The van der Waals surface area contributed by atoms with Crippen LogP contribution in [0.3, 0.4) is 0 Å². The van der Waals surface area contributed by atoms with Gasteiger partial charge in [-0.15, -0.1) is 0 Å². The fraction of sp³-hybridized carbons (Fsp3) is 0.207. The summed E-state index contributed by atoms with van der Waals surface area (Å²) in [6.07, 6.45) is 1.48. The van der Waals surface area contributed by atoms with Gasteiger partial charge in [0.2, 0.25) is 0 Å². The number of nitrogens with one attached hydrogen (secondary N) is 1. The molecule has 2 aromatic carbocycles. The number of H-pyrrole nitrogens is 1. The van der Waals surface area contributed by atoms with E-state index in [1.54, 1.807) is 62.4 Å². The summed E-state index contributed by atoms with van der Waals surface area (Å²) in [6.45, 7) is 3.45. The first-order chi connectivity index (χ1) is 19.8. The van der Waals surface area contributed by atoms with Crippen molar-refractivity contribution >= 4 is 17.7 Å². The van der Waals surface area contributed by atoms with Crippen LogP contribution in [0.15, 0.2) is 80.1 Å². The molecule has 210 valence electrons. The predicted octanol–water partition coefficient (Wildman–Crippen LogP) is 3.25. The molecule has 41 heavy (non-hydrogen) atoms. The van der Waals surface area contributed by atoms with Crippen molar-refractivity contribution in [3.8, 4) is 22.8 Å². The molecule has 0 saturated carbocycles. The topological polar surface area (TPSA) is 151 Å². The molecule has 0 spiro atoms. The highest BCUT2D eigenvalue weighted by Gasteiger charge is 2.36. The summed E-state index contributed by atoms with van der Waals surface area (Å²) in [7, 11) is 3.00. The summed E-state index contributed by atoms with van der Waals surface area (Å²) in [5.74, 6) is 0.285. The number of carbonyl (C=O) groups excluding carboxylic acids is 1. The predicted molar refractivity (Wildman–Crippen MR) is 147 cm³/mol. The molecule has 12 nitrogen and oxygen atoms in total. The first-order valence-corrected chi connectivity index (χ1v) is 12.6. The summed E-state index contributed by atoms with van der Waals surface area (Å²) in [5.41, 5.74) is 1.66. The first-order valence-electron chi connectivity index (χ1n) is 12.6. The van der Waals surface area contributed by atoms with Crippen LogP contribution in [0.2, 0.25) is 0 Å². The Morgan fingerprint density at radius 1 is 1.17 bits per heavy atom. The first kappa shape index (κ1) is 27.2. The lowest BCUT2D eigenvalue weighted by Crippen LogP contribution is -2.40. The van der Waals surface area contributed by atoms with Gasteiger partial charge in [0, 0.05) is 29.5 Å². The molecule has 3 heterocycles. The quantitative estimate of drug-likeness (QED) is 0.197. The molecular weight excluding hydrogens is 532 g/mol. The van der Waals surface area contributed by atoms with Crippen LogP contribution in [-0.4, -0.2) is 41.3 Å². The number of fused-ring (bicyclic) bond motifs is 1. The SMILES string of the molecule is CCOC(=O)C1=C(C)N=c2oc(=Cc3ccc(-c4ccccc4[N+](=O)[O-])[nH]3)c(=O)n2C1c1ccc(OC)cc1OC. The van der Waals surface area contributed by atoms with Crippen molar-refractivity contribution in [2.24, 2.45) is 4.99 Å². The van der Waals surface area contributed by atoms with Crippen LogP contribution in [0.5, 0.6) is 11.5 Å². The van der Waals surface area contributed by atoms with Gasteiger partial charge in [0.25, 0.3) is 11.2 Å². The lowest BCUT2D eigenvalue weighted by molar-refractivity contribution is -0.384. The fourth-order valence-electron chi connectivity index (χ4n) is 4.79. The molecule has 0 amide bonds. The van der Waals surface area contributed by atoms with Gasteiger partial charge in [-0.1, -0.05) is 12.1 Å². The van der Waals surface area contributed by atoms with Crippen LogP contribution < -0.4 is 26.1 Å². The number of hydrogen-bond acceptors (Lipinski definition) is 9. The Hall–Kier alpha value is -5.39. The Bertz CT molecular complexity index is 1880. The minimum Gasteiger partial charge on any atom is -0.497 e. The molecule has 5 rings (SSSR count). The molecule has 12 heteroatoms. The van der Waals surface area contributed by atoms with Crippen molar-refractivity contribution < 1.29 is 28.3 Å². The second-order valence-electron chi connectivity index (χ2n) is 9.01. The fourth-order valence-corrected chi connectivity index (χ4v) is 4.79. The van der Waals surface area contributed by atoms with E-state index in [0.29, 0.717) is 39.7 Å². The third kappa shape index (κ3) is 4.91. The van der Waals surface area contributed by atoms with Gasteiger partial charge in [0.15, 0.2) is 5.42 Å². The molecule has 1 aliphatic heterocycles.